The van der Waals surface area contributed by atoms with Crippen molar-refractivity contribution in [3.63, 3.8) is 0 Å². The summed E-state index contributed by atoms with van der Waals surface area (Å²) in [6.45, 7) is 10.5. The van der Waals surface area contributed by atoms with E-state index >= 15 is 0 Å². The van der Waals surface area contributed by atoms with Crippen LogP contribution in [0.3, 0.4) is 0 Å². The Labute approximate surface area is 230 Å². The van der Waals surface area contributed by atoms with E-state index in [9.17, 15) is 9.59 Å². The third kappa shape index (κ3) is 7.62. The molecule has 6 heteroatoms. The minimum atomic E-state index is -0.372. The average molecular weight is 525 g/mol. The number of fused-ring (bicyclic) bond motifs is 1. The molecule has 0 spiro atoms. The quantitative estimate of drug-likeness (QED) is 0.237. The molecule has 1 heterocycles. The van der Waals surface area contributed by atoms with Crippen LogP contribution in [0.5, 0.6) is 0 Å². The van der Waals surface area contributed by atoms with E-state index in [-0.39, 0.29) is 17.9 Å². The van der Waals surface area contributed by atoms with Gasteiger partial charge in [-0.05, 0) is 95.7 Å². The Hall–Kier alpha value is -2.34. The van der Waals surface area contributed by atoms with Gasteiger partial charge in [-0.3, -0.25) is 9.59 Å². The molecule has 3 rings (SSSR count). The maximum absolute atomic E-state index is 12.8. The molecule has 6 nitrogen and oxygen atoms in total. The van der Waals surface area contributed by atoms with E-state index in [4.69, 9.17) is 5.73 Å². The molecule has 0 bridgehead atoms. The van der Waals surface area contributed by atoms with E-state index in [1.165, 1.54) is 38.5 Å². The second kappa shape index (κ2) is 14.7. The number of aromatic nitrogens is 1. The first-order chi connectivity index (χ1) is 18.3. The van der Waals surface area contributed by atoms with Crippen molar-refractivity contribution in [3.05, 3.63) is 35.5 Å². The third-order valence-electron chi connectivity index (χ3n) is 9.08. The molecule has 2 amide bonds. The van der Waals surface area contributed by atoms with Gasteiger partial charge in [0.1, 0.15) is 0 Å². The Morgan fingerprint density at radius 2 is 1.76 bits per heavy atom. The van der Waals surface area contributed by atoms with Crippen LogP contribution in [0.2, 0.25) is 0 Å². The van der Waals surface area contributed by atoms with E-state index in [1.54, 1.807) is 0 Å². The van der Waals surface area contributed by atoms with Crippen LogP contribution in [0, 0.1) is 30.6 Å². The molecule has 4 N–H and O–H groups in total. The molecule has 212 valence electrons. The molecule has 1 saturated carbocycles. The lowest BCUT2D eigenvalue weighted by atomic mass is 9.72. The third-order valence-corrected chi connectivity index (χ3v) is 9.08. The summed E-state index contributed by atoms with van der Waals surface area (Å²) in [6.07, 6.45) is 11.3. The molecule has 0 aliphatic heterocycles. The highest BCUT2D eigenvalue weighted by molar-refractivity contribution is 6.07. The smallest absolute Gasteiger partial charge is 0.251 e. The molecule has 1 aliphatic rings. The zero-order chi connectivity index (χ0) is 27.7. The standard InChI is InChI=1S/C32H52N4O2/c1-6-11-25-18-24(7-2)19-26(20-25)21-30(37)35-16-10-12-27(15-17-34-5)22(3)36-23(4)31(32(33)38)28-13-8-9-14-29(28)36/h8-9,13-14,22,24-27,34H,6-7,10-12,15-21H2,1-5H3,(H2,33,38)(H,35,37)/t22-,24?,25?,26-,27?/m0/s1. The van der Waals surface area contributed by atoms with Crippen molar-refractivity contribution in [2.24, 2.45) is 29.4 Å². The van der Waals surface area contributed by atoms with Crippen molar-refractivity contribution < 1.29 is 9.59 Å². The van der Waals surface area contributed by atoms with Crippen LogP contribution in [-0.2, 0) is 4.79 Å². The predicted octanol–water partition coefficient (Wildman–Crippen LogP) is 6.36. The van der Waals surface area contributed by atoms with Crippen LogP contribution in [-0.4, -0.2) is 36.5 Å². The lowest BCUT2D eigenvalue weighted by Gasteiger charge is -2.34. The first-order valence-electron chi connectivity index (χ1n) is 15.1. The maximum Gasteiger partial charge on any atom is 0.251 e. The molecule has 0 saturated heterocycles. The number of carbonyl (C=O) groups excluding carboxylic acids is 2. The van der Waals surface area contributed by atoms with Crippen molar-refractivity contribution in [2.75, 3.05) is 20.1 Å². The van der Waals surface area contributed by atoms with Crippen molar-refractivity contribution in [2.45, 2.75) is 97.9 Å². The second-order valence-corrected chi connectivity index (χ2v) is 11.8. The Morgan fingerprint density at radius 1 is 1.05 bits per heavy atom. The summed E-state index contributed by atoms with van der Waals surface area (Å²) in [5.74, 6) is 2.39. The number of para-hydroxylation sites is 1. The van der Waals surface area contributed by atoms with Crippen LogP contribution in [0.4, 0.5) is 0 Å². The molecule has 1 fully saturated rings. The highest BCUT2D eigenvalue weighted by Gasteiger charge is 2.29. The summed E-state index contributed by atoms with van der Waals surface area (Å²) in [7, 11) is 1.99. The minimum absolute atomic E-state index is 0.209. The molecule has 2 aromatic rings. The number of nitrogens with zero attached hydrogens (tertiary/aromatic N) is 1. The SMILES string of the molecule is CCCC1CC(CC)C[C@H](CC(=O)NCCCC(CCNC)[C@H](C)n2c(C)c(C(N)=O)c3ccccc32)C1. The van der Waals surface area contributed by atoms with Gasteiger partial charge < -0.3 is 20.9 Å². The van der Waals surface area contributed by atoms with Gasteiger partial charge in [0.15, 0.2) is 0 Å². The summed E-state index contributed by atoms with van der Waals surface area (Å²) in [4.78, 5) is 25.1. The van der Waals surface area contributed by atoms with Crippen molar-refractivity contribution >= 4 is 22.7 Å². The van der Waals surface area contributed by atoms with Crippen LogP contribution in [0.1, 0.15) is 107 Å². The fraction of sp³-hybridized carbons (Fsp3) is 0.688. The summed E-state index contributed by atoms with van der Waals surface area (Å²) in [6, 6.07) is 8.27. The molecule has 38 heavy (non-hydrogen) atoms. The van der Waals surface area contributed by atoms with Crippen LogP contribution in [0.25, 0.3) is 10.9 Å². The summed E-state index contributed by atoms with van der Waals surface area (Å²) in [5.41, 5.74) is 8.41. The molecule has 5 atom stereocenters. The van der Waals surface area contributed by atoms with Gasteiger partial charge in [0, 0.05) is 35.6 Å². The molecule has 1 aliphatic carbocycles. The average Bonchev–Trinajstić information content (AvgIpc) is 3.19. The minimum Gasteiger partial charge on any atom is -0.366 e. The number of primary amides is 1. The highest BCUT2D eigenvalue weighted by Crippen LogP contribution is 2.39. The largest absolute Gasteiger partial charge is 0.366 e. The second-order valence-electron chi connectivity index (χ2n) is 11.8. The van der Waals surface area contributed by atoms with E-state index in [1.807, 2.05) is 32.2 Å². The Kier molecular flexibility index (Phi) is 11.7. The summed E-state index contributed by atoms with van der Waals surface area (Å²) >= 11 is 0. The number of hydrogen-bond acceptors (Lipinski definition) is 3. The highest BCUT2D eigenvalue weighted by atomic mass is 16.1. The fourth-order valence-electron chi connectivity index (χ4n) is 7.17. The zero-order valence-electron chi connectivity index (χ0n) is 24.5. The van der Waals surface area contributed by atoms with Crippen LogP contribution >= 0.6 is 0 Å². The van der Waals surface area contributed by atoms with Gasteiger partial charge in [-0.25, -0.2) is 0 Å². The molecule has 1 aromatic carbocycles. The zero-order valence-corrected chi connectivity index (χ0v) is 24.5. The lowest BCUT2D eigenvalue weighted by Crippen LogP contribution is -2.31. The van der Waals surface area contributed by atoms with Crippen LogP contribution < -0.4 is 16.4 Å². The normalized spacial score (nSPS) is 21.3. The number of benzene rings is 1. The molecule has 3 unspecified atom stereocenters. The van der Waals surface area contributed by atoms with Gasteiger partial charge in [0.2, 0.25) is 5.91 Å². The van der Waals surface area contributed by atoms with Crippen LogP contribution in [0.15, 0.2) is 24.3 Å². The van der Waals surface area contributed by atoms with E-state index < -0.39 is 0 Å². The molecular formula is C32H52N4O2. The number of nitrogens with one attached hydrogen (secondary N) is 2. The number of amides is 2. The Bertz CT molecular complexity index is 1050. The predicted molar refractivity (Wildman–Crippen MR) is 158 cm³/mol. The summed E-state index contributed by atoms with van der Waals surface area (Å²) in [5, 5.41) is 7.47. The topological polar surface area (TPSA) is 89.2 Å². The lowest BCUT2D eigenvalue weighted by molar-refractivity contribution is -0.122. The van der Waals surface area contributed by atoms with Gasteiger partial charge in [-0.2, -0.15) is 0 Å². The number of hydrogen-bond donors (Lipinski definition) is 3. The number of nitrogens with two attached hydrogens (primary N) is 1. The summed E-state index contributed by atoms with van der Waals surface area (Å²) < 4.78 is 2.30. The molecular weight excluding hydrogens is 472 g/mol. The number of carbonyl (C=O) groups is 2. The van der Waals surface area contributed by atoms with E-state index in [2.05, 4.69) is 42.0 Å². The van der Waals surface area contributed by atoms with Gasteiger partial charge in [0.05, 0.1) is 5.56 Å². The fourth-order valence-corrected chi connectivity index (χ4v) is 7.17. The molecule has 1 aromatic heterocycles. The maximum atomic E-state index is 12.8. The van der Waals surface area contributed by atoms with Gasteiger partial charge in [-0.1, -0.05) is 51.3 Å². The van der Waals surface area contributed by atoms with Gasteiger partial charge in [0.25, 0.3) is 5.91 Å². The van der Waals surface area contributed by atoms with E-state index in [0.29, 0.717) is 23.8 Å². The van der Waals surface area contributed by atoms with E-state index in [0.717, 1.165) is 60.8 Å². The Morgan fingerprint density at radius 3 is 2.45 bits per heavy atom. The van der Waals surface area contributed by atoms with Gasteiger partial charge >= 0.3 is 0 Å². The van der Waals surface area contributed by atoms with Crippen molar-refractivity contribution in [1.29, 1.82) is 0 Å². The van der Waals surface area contributed by atoms with Crippen molar-refractivity contribution in [1.82, 2.24) is 15.2 Å². The number of rotatable bonds is 15. The molecule has 0 radical (unpaired) electrons. The van der Waals surface area contributed by atoms with Crippen molar-refractivity contribution in [3.8, 4) is 0 Å². The Balaban J connectivity index is 1.59. The first kappa shape index (κ1) is 30.2. The monoisotopic (exact) mass is 524 g/mol. The van der Waals surface area contributed by atoms with Gasteiger partial charge in [-0.15, -0.1) is 0 Å². The first-order valence-corrected chi connectivity index (χ1v) is 15.1.